The van der Waals surface area contributed by atoms with Gasteiger partial charge in [0.2, 0.25) is 0 Å². The maximum Gasteiger partial charge on any atom is 0.320 e. The van der Waals surface area contributed by atoms with Gasteiger partial charge in [-0.05, 0) is 48.2 Å². The van der Waals surface area contributed by atoms with Gasteiger partial charge in [-0.1, -0.05) is 18.2 Å². The van der Waals surface area contributed by atoms with Gasteiger partial charge in [-0.2, -0.15) is 0 Å². The van der Waals surface area contributed by atoms with Crippen LogP contribution in [0.4, 0.5) is 0 Å². The fourth-order valence-electron chi connectivity index (χ4n) is 2.25. The Labute approximate surface area is 144 Å². The molecule has 0 bridgehead atoms. The summed E-state index contributed by atoms with van der Waals surface area (Å²) in [6.07, 6.45) is 1.24. The predicted molar refractivity (Wildman–Crippen MR) is 91.7 cm³/mol. The van der Waals surface area contributed by atoms with Crippen LogP contribution in [0.25, 0.3) is 0 Å². The van der Waals surface area contributed by atoms with E-state index < -0.39 is 18.1 Å². The maximum atomic E-state index is 10.8. The molecular formula is C18H20N2O5. The average molecular weight is 344 g/mol. The summed E-state index contributed by atoms with van der Waals surface area (Å²) in [6, 6.07) is 9.94. The first-order valence-electron chi connectivity index (χ1n) is 7.67. The monoisotopic (exact) mass is 344 g/mol. The number of aldehydes is 1. The lowest BCUT2D eigenvalue weighted by atomic mass is 10.1. The zero-order valence-electron chi connectivity index (χ0n) is 13.5. The molecule has 0 aliphatic rings. The van der Waals surface area contributed by atoms with Crippen molar-refractivity contribution in [3.63, 3.8) is 0 Å². The molecule has 0 unspecified atom stereocenters. The third-order valence-corrected chi connectivity index (χ3v) is 3.59. The Morgan fingerprint density at radius 2 is 1.72 bits per heavy atom. The second kappa shape index (κ2) is 8.27. The highest BCUT2D eigenvalue weighted by molar-refractivity contribution is 5.73. The standard InChI is InChI=1S/C18H20N2O5/c19-13(10-21)7-11-1-4-14(5-2-11)25-17-9-12(3-6-16(17)22)8-15(20)18(23)24/h1-6,9-10,13,15,22H,7-8,19-20H2,(H,23,24)/t13-,15-/m0/s1. The molecule has 0 saturated carbocycles. The maximum absolute atomic E-state index is 10.8. The van der Waals surface area contributed by atoms with Gasteiger partial charge in [0.1, 0.15) is 18.1 Å². The van der Waals surface area contributed by atoms with Crippen LogP contribution in [-0.4, -0.2) is 34.6 Å². The summed E-state index contributed by atoms with van der Waals surface area (Å²) < 4.78 is 5.64. The van der Waals surface area contributed by atoms with Crippen molar-refractivity contribution < 1.29 is 24.5 Å². The normalized spacial score (nSPS) is 13.0. The third kappa shape index (κ3) is 5.30. The molecule has 0 amide bonds. The van der Waals surface area contributed by atoms with Crippen molar-refractivity contribution in [3.05, 3.63) is 53.6 Å². The fraction of sp³-hybridized carbons (Fsp3) is 0.222. The number of hydrogen-bond acceptors (Lipinski definition) is 6. The molecule has 25 heavy (non-hydrogen) atoms. The first kappa shape index (κ1) is 18.4. The number of hydrogen-bond donors (Lipinski definition) is 4. The zero-order chi connectivity index (χ0) is 18.4. The van der Waals surface area contributed by atoms with Crippen molar-refractivity contribution in [1.29, 1.82) is 0 Å². The van der Waals surface area contributed by atoms with E-state index in [-0.39, 0.29) is 17.9 Å². The van der Waals surface area contributed by atoms with E-state index in [4.69, 9.17) is 21.3 Å². The molecule has 2 rings (SSSR count). The highest BCUT2D eigenvalue weighted by Crippen LogP contribution is 2.32. The molecule has 2 aromatic carbocycles. The van der Waals surface area contributed by atoms with Gasteiger partial charge in [0.05, 0.1) is 6.04 Å². The Balaban J connectivity index is 2.11. The summed E-state index contributed by atoms with van der Waals surface area (Å²) >= 11 is 0. The second-order valence-electron chi connectivity index (χ2n) is 5.70. The smallest absolute Gasteiger partial charge is 0.320 e. The average Bonchev–Trinajstić information content (AvgIpc) is 2.59. The Morgan fingerprint density at radius 3 is 2.32 bits per heavy atom. The molecule has 0 spiro atoms. The fourth-order valence-corrected chi connectivity index (χ4v) is 2.25. The van der Waals surface area contributed by atoms with E-state index in [2.05, 4.69) is 0 Å². The number of ether oxygens (including phenoxy) is 1. The van der Waals surface area contributed by atoms with E-state index in [1.54, 1.807) is 36.4 Å². The summed E-state index contributed by atoms with van der Waals surface area (Å²) in [7, 11) is 0. The SMILES string of the molecule is N[C@H](C=O)Cc1ccc(Oc2cc(C[C@H](N)C(=O)O)ccc2O)cc1. The van der Waals surface area contributed by atoms with Crippen molar-refractivity contribution in [2.75, 3.05) is 0 Å². The second-order valence-corrected chi connectivity index (χ2v) is 5.70. The van der Waals surface area contributed by atoms with Gasteiger partial charge in [-0.15, -0.1) is 0 Å². The van der Waals surface area contributed by atoms with E-state index in [0.29, 0.717) is 24.0 Å². The van der Waals surface area contributed by atoms with Gasteiger partial charge in [0.15, 0.2) is 11.5 Å². The summed E-state index contributed by atoms with van der Waals surface area (Å²) in [6.45, 7) is 0. The number of phenols is 1. The van der Waals surface area contributed by atoms with Crippen LogP contribution in [0, 0.1) is 0 Å². The molecule has 0 aliphatic carbocycles. The molecule has 7 nitrogen and oxygen atoms in total. The van der Waals surface area contributed by atoms with Crippen molar-refractivity contribution in [1.82, 2.24) is 0 Å². The quantitative estimate of drug-likeness (QED) is 0.528. The number of aliphatic carboxylic acids is 1. The molecule has 0 fully saturated rings. The van der Waals surface area contributed by atoms with E-state index in [1.165, 1.54) is 6.07 Å². The van der Waals surface area contributed by atoms with Crippen LogP contribution in [0.3, 0.4) is 0 Å². The van der Waals surface area contributed by atoms with Crippen molar-refractivity contribution >= 4 is 12.3 Å². The summed E-state index contributed by atoms with van der Waals surface area (Å²) in [5.74, 6) is -0.481. The molecule has 0 aliphatic heterocycles. The minimum atomic E-state index is -1.10. The number of carboxylic acids is 1. The van der Waals surface area contributed by atoms with Gasteiger partial charge in [0, 0.05) is 0 Å². The molecule has 2 atom stereocenters. The lowest BCUT2D eigenvalue weighted by molar-refractivity contribution is -0.138. The van der Waals surface area contributed by atoms with Crippen molar-refractivity contribution in [2.24, 2.45) is 11.5 Å². The molecule has 2 aromatic rings. The van der Waals surface area contributed by atoms with Gasteiger partial charge < -0.3 is 31.2 Å². The van der Waals surface area contributed by atoms with Crippen LogP contribution >= 0.6 is 0 Å². The topological polar surface area (TPSA) is 136 Å². The van der Waals surface area contributed by atoms with Crippen LogP contribution in [-0.2, 0) is 22.4 Å². The Bertz CT molecular complexity index is 746. The number of benzene rings is 2. The van der Waals surface area contributed by atoms with Crippen LogP contribution in [0.1, 0.15) is 11.1 Å². The molecule has 6 N–H and O–H groups in total. The van der Waals surface area contributed by atoms with Crippen LogP contribution in [0.15, 0.2) is 42.5 Å². The molecule has 0 saturated heterocycles. The van der Waals surface area contributed by atoms with Gasteiger partial charge in [-0.3, -0.25) is 4.79 Å². The van der Waals surface area contributed by atoms with E-state index in [9.17, 15) is 14.7 Å². The van der Waals surface area contributed by atoms with Gasteiger partial charge in [-0.25, -0.2) is 0 Å². The van der Waals surface area contributed by atoms with Gasteiger partial charge in [0.25, 0.3) is 0 Å². The van der Waals surface area contributed by atoms with E-state index >= 15 is 0 Å². The third-order valence-electron chi connectivity index (χ3n) is 3.59. The summed E-state index contributed by atoms with van der Waals surface area (Å²) in [5, 5.41) is 18.8. The van der Waals surface area contributed by atoms with E-state index in [1.807, 2.05) is 0 Å². The van der Waals surface area contributed by atoms with Crippen LogP contribution in [0.2, 0.25) is 0 Å². The number of carboxylic acid groups (broad SMARTS) is 1. The summed E-state index contributed by atoms with van der Waals surface area (Å²) in [4.78, 5) is 21.4. The Hall–Kier alpha value is -2.90. The number of nitrogens with two attached hydrogens (primary N) is 2. The minimum absolute atomic E-state index is 0.0697. The number of phenolic OH excluding ortho intramolecular Hbond substituents is 1. The Kier molecular flexibility index (Phi) is 6.10. The summed E-state index contributed by atoms with van der Waals surface area (Å²) in [5.41, 5.74) is 12.6. The van der Waals surface area contributed by atoms with Gasteiger partial charge >= 0.3 is 5.97 Å². The number of aromatic hydroxyl groups is 1. The predicted octanol–water partition coefficient (Wildman–Crippen LogP) is 1.21. The van der Waals surface area contributed by atoms with Crippen molar-refractivity contribution in [3.8, 4) is 17.2 Å². The zero-order valence-corrected chi connectivity index (χ0v) is 13.5. The van der Waals surface area contributed by atoms with Crippen LogP contribution in [0.5, 0.6) is 17.2 Å². The largest absolute Gasteiger partial charge is 0.504 e. The lowest BCUT2D eigenvalue weighted by Gasteiger charge is -2.12. The lowest BCUT2D eigenvalue weighted by Crippen LogP contribution is -2.32. The molecular weight excluding hydrogens is 324 g/mol. The molecule has 7 heteroatoms. The number of carbonyl (C=O) groups is 2. The first-order chi connectivity index (χ1) is 11.9. The minimum Gasteiger partial charge on any atom is -0.504 e. The Morgan fingerprint density at radius 1 is 1.08 bits per heavy atom. The molecule has 0 heterocycles. The molecule has 0 aromatic heterocycles. The van der Waals surface area contributed by atoms with Crippen LogP contribution < -0.4 is 16.2 Å². The highest BCUT2D eigenvalue weighted by atomic mass is 16.5. The highest BCUT2D eigenvalue weighted by Gasteiger charge is 2.14. The van der Waals surface area contributed by atoms with Crippen molar-refractivity contribution in [2.45, 2.75) is 24.9 Å². The number of rotatable bonds is 8. The first-order valence-corrected chi connectivity index (χ1v) is 7.67. The van der Waals surface area contributed by atoms with E-state index in [0.717, 1.165) is 5.56 Å². The molecule has 0 radical (unpaired) electrons. The molecule has 132 valence electrons. The number of carbonyl (C=O) groups excluding carboxylic acids is 1.